The van der Waals surface area contributed by atoms with Gasteiger partial charge in [0.25, 0.3) is 0 Å². The summed E-state index contributed by atoms with van der Waals surface area (Å²) < 4.78 is 16.9. The minimum Gasteiger partial charge on any atom is -0.462 e. The molecule has 6 heteroatoms. The van der Waals surface area contributed by atoms with Gasteiger partial charge in [-0.2, -0.15) is 0 Å². The van der Waals surface area contributed by atoms with Gasteiger partial charge in [0, 0.05) is 19.3 Å². The highest BCUT2D eigenvalue weighted by atomic mass is 16.6. The molecule has 0 unspecified atom stereocenters. The Kier molecular flexibility index (Phi) is 51.7. The van der Waals surface area contributed by atoms with Crippen LogP contribution in [0.3, 0.4) is 0 Å². The zero-order chi connectivity index (χ0) is 46.5. The molecule has 376 valence electrons. The molecule has 6 nitrogen and oxygen atoms in total. The lowest BCUT2D eigenvalue weighted by Crippen LogP contribution is -2.30. The van der Waals surface area contributed by atoms with E-state index in [1.807, 2.05) is 0 Å². The molecule has 0 saturated heterocycles. The van der Waals surface area contributed by atoms with Crippen LogP contribution in [0.4, 0.5) is 0 Å². The van der Waals surface area contributed by atoms with Gasteiger partial charge in [-0.1, -0.05) is 244 Å². The topological polar surface area (TPSA) is 78.9 Å². The van der Waals surface area contributed by atoms with Gasteiger partial charge in [0.05, 0.1) is 0 Å². The van der Waals surface area contributed by atoms with Crippen molar-refractivity contribution in [2.24, 2.45) is 0 Å². The van der Waals surface area contributed by atoms with E-state index >= 15 is 0 Å². The number of esters is 3. The lowest BCUT2D eigenvalue weighted by molar-refractivity contribution is -0.167. The van der Waals surface area contributed by atoms with Gasteiger partial charge in [0.1, 0.15) is 13.2 Å². The Morgan fingerprint density at radius 2 is 0.516 bits per heavy atom. The lowest BCUT2D eigenvalue weighted by atomic mass is 10.0. The van der Waals surface area contributed by atoms with Crippen molar-refractivity contribution in [3.8, 4) is 0 Å². The number of hydrogen-bond donors (Lipinski definition) is 0. The second-order valence-electron chi connectivity index (χ2n) is 19.2. The highest BCUT2D eigenvalue weighted by molar-refractivity contribution is 5.71. The molecular weight excluding hydrogens is 793 g/mol. The van der Waals surface area contributed by atoms with Crippen LogP contribution in [-0.2, 0) is 28.6 Å². The molecule has 0 aliphatic carbocycles. The van der Waals surface area contributed by atoms with E-state index in [0.29, 0.717) is 19.3 Å². The minimum absolute atomic E-state index is 0.0717. The van der Waals surface area contributed by atoms with Crippen molar-refractivity contribution in [2.45, 2.75) is 316 Å². The van der Waals surface area contributed by atoms with Gasteiger partial charge in [-0.05, 0) is 70.6 Å². The fourth-order valence-corrected chi connectivity index (χ4v) is 8.37. The summed E-state index contributed by atoms with van der Waals surface area (Å²) in [5, 5.41) is 0. The van der Waals surface area contributed by atoms with Gasteiger partial charge in [-0.15, -0.1) is 0 Å². The number of carbonyl (C=O) groups excluding carboxylic acids is 3. The first-order chi connectivity index (χ1) is 31.5. The Balaban J connectivity index is 4.35. The summed E-state index contributed by atoms with van der Waals surface area (Å²) >= 11 is 0. The number of unbranched alkanes of at least 4 members (excludes halogenated alkanes) is 37. The first-order valence-electron chi connectivity index (χ1n) is 28.3. The third-order valence-corrected chi connectivity index (χ3v) is 12.7. The molecule has 0 saturated carbocycles. The van der Waals surface area contributed by atoms with Gasteiger partial charge in [0.2, 0.25) is 0 Å². The van der Waals surface area contributed by atoms with Crippen LogP contribution in [0.2, 0.25) is 0 Å². The average Bonchev–Trinajstić information content (AvgIpc) is 3.29. The molecule has 0 rings (SSSR count). The predicted octanol–water partition coefficient (Wildman–Crippen LogP) is 18.7. The largest absolute Gasteiger partial charge is 0.462 e. The van der Waals surface area contributed by atoms with E-state index in [1.54, 1.807) is 0 Å². The summed E-state index contributed by atoms with van der Waals surface area (Å²) in [6.07, 6.45) is 61.6. The number of hydrogen-bond acceptors (Lipinski definition) is 6. The second kappa shape index (κ2) is 53.5. The molecule has 0 aromatic rings. The Morgan fingerprint density at radius 1 is 0.297 bits per heavy atom. The van der Waals surface area contributed by atoms with Crippen LogP contribution in [0.25, 0.3) is 0 Å². The summed E-state index contributed by atoms with van der Waals surface area (Å²) in [4.78, 5) is 38.1. The van der Waals surface area contributed by atoms with Gasteiger partial charge in [0.15, 0.2) is 6.10 Å². The second-order valence-corrected chi connectivity index (χ2v) is 19.2. The van der Waals surface area contributed by atoms with Crippen molar-refractivity contribution >= 4 is 17.9 Å². The van der Waals surface area contributed by atoms with Gasteiger partial charge in [-0.25, -0.2) is 0 Å². The number of rotatable bonds is 52. The highest BCUT2D eigenvalue weighted by Crippen LogP contribution is 2.16. The predicted molar refractivity (Wildman–Crippen MR) is 275 cm³/mol. The molecule has 0 radical (unpaired) electrons. The quantitative estimate of drug-likeness (QED) is 0.0262. The van der Waals surface area contributed by atoms with Crippen molar-refractivity contribution in [3.05, 3.63) is 24.3 Å². The van der Waals surface area contributed by atoms with Crippen molar-refractivity contribution in [3.63, 3.8) is 0 Å². The van der Waals surface area contributed by atoms with E-state index in [-0.39, 0.29) is 31.1 Å². The first kappa shape index (κ1) is 61.9. The van der Waals surface area contributed by atoms with E-state index < -0.39 is 6.10 Å². The van der Waals surface area contributed by atoms with E-state index in [4.69, 9.17) is 14.2 Å². The average molecular weight is 901 g/mol. The van der Waals surface area contributed by atoms with Crippen LogP contribution >= 0.6 is 0 Å². The van der Waals surface area contributed by atoms with Crippen LogP contribution < -0.4 is 0 Å². The molecule has 0 amide bonds. The summed E-state index contributed by atoms with van der Waals surface area (Å²) in [5.41, 5.74) is 0. The summed E-state index contributed by atoms with van der Waals surface area (Å²) in [6, 6.07) is 0. The van der Waals surface area contributed by atoms with E-state index in [1.165, 1.54) is 205 Å². The third-order valence-electron chi connectivity index (χ3n) is 12.7. The van der Waals surface area contributed by atoms with Crippen LogP contribution in [0.1, 0.15) is 310 Å². The van der Waals surface area contributed by atoms with Crippen LogP contribution in [0.5, 0.6) is 0 Å². The Morgan fingerprint density at radius 3 is 0.781 bits per heavy atom. The molecule has 0 heterocycles. The van der Waals surface area contributed by atoms with Crippen LogP contribution in [0, 0.1) is 0 Å². The fourth-order valence-electron chi connectivity index (χ4n) is 8.37. The van der Waals surface area contributed by atoms with Crippen LogP contribution in [-0.4, -0.2) is 37.2 Å². The summed E-state index contributed by atoms with van der Waals surface area (Å²) in [7, 11) is 0. The fraction of sp³-hybridized carbons (Fsp3) is 0.879. The number of ether oxygens (including phenoxy) is 3. The normalized spacial score (nSPS) is 12.1. The molecule has 64 heavy (non-hydrogen) atoms. The van der Waals surface area contributed by atoms with Gasteiger partial charge < -0.3 is 14.2 Å². The smallest absolute Gasteiger partial charge is 0.306 e. The Labute approximate surface area is 398 Å². The molecule has 0 aliphatic heterocycles. The van der Waals surface area contributed by atoms with Gasteiger partial charge in [-0.3, -0.25) is 14.4 Å². The monoisotopic (exact) mass is 901 g/mol. The molecule has 0 bridgehead atoms. The molecule has 1 atom stereocenters. The standard InChI is InChI=1S/C58H108O6/c1-4-7-10-13-16-19-22-25-28-29-31-33-36-39-42-45-48-51-57(60)63-54-55(53-62-56(59)50-47-44-41-38-35-32-27-24-21-18-15-12-9-6-3)64-58(61)52-49-46-43-40-37-34-30-26-23-20-17-14-11-8-5-2/h25-26,28,30,55H,4-24,27,29,31-54H2,1-3H3/b28-25-,30-26-/t55-/m1/s1. The van der Waals surface area contributed by atoms with Crippen molar-refractivity contribution in [2.75, 3.05) is 13.2 Å². The summed E-state index contributed by atoms with van der Waals surface area (Å²) in [5.74, 6) is -0.866. The Bertz CT molecular complexity index is 1040. The van der Waals surface area contributed by atoms with Gasteiger partial charge >= 0.3 is 17.9 Å². The van der Waals surface area contributed by atoms with E-state index in [9.17, 15) is 14.4 Å². The zero-order valence-corrected chi connectivity index (χ0v) is 43.1. The molecule has 0 N–H and O–H groups in total. The maximum Gasteiger partial charge on any atom is 0.306 e. The summed E-state index contributed by atoms with van der Waals surface area (Å²) in [6.45, 7) is 6.66. The first-order valence-corrected chi connectivity index (χ1v) is 28.3. The maximum atomic E-state index is 12.8. The minimum atomic E-state index is -0.773. The zero-order valence-electron chi connectivity index (χ0n) is 43.1. The SMILES string of the molecule is CCCCCCCC/C=C\CCCCCCCCCC(=O)OC[C@@H](COC(=O)CCCCCCCCCCCCCCCC)OC(=O)CCCCCCC/C=C\CCCCCCCC. The number of carbonyl (C=O) groups is 3. The Hall–Kier alpha value is -2.11. The third kappa shape index (κ3) is 50.9. The highest BCUT2D eigenvalue weighted by Gasteiger charge is 2.19. The molecule has 0 spiro atoms. The van der Waals surface area contributed by atoms with Crippen molar-refractivity contribution in [1.29, 1.82) is 0 Å². The van der Waals surface area contributed by atoms with E-state index in [2.05, 4.69) is 45.1 Å². The molecule has 0 aromatic carbocycles. The maximum absolute atomic E-state index is 12.8. The molecule has 0 aromatic heterocycles. The van der Waals surface area contributed by atoms with E-state index in [0.717, 1.165) is 64.2 Å². The lowest BCUT2D eigenvalue weighted by Gasteiger charge is -2.18. The molecular formula is C58H108O6. The number of allylic oxidation sites excluding steroid dienone is 4. The molecule has 0 aliphatic rings. The molecule has 0 fully saturated rings. The van der Waals surface area contributed by atoms with Crippen LogP contribution in [0.15, 0.2) is 24.3 Å². The van der Waals surface area contributed by atoms with Crippen molar-refractivity contribution < 1.29 is 28.6 Å². The van der Waals surface area contributed by atoms with Crippen molar-refractivity contribution in [1.82, 2.24) is 0 Å².